The van der Waals surface area contributed by atoms with E-state index in [0.29, 0.717) is 4.88 Å². The Labute approximate surface area is 111 Å². The Morgan fingerprint density at radius 2 is 2.28 bits per heavy atom. The van der Waals surface area contributed by atoms with Crippen LogP contribution in [0.1, 0.15) is 35.4 Å². The number of anilines is 1. The molecule has 2 saturated carbocycles. The smallest absolute Gasteiger partial charge is 0.345 e. The average molecular weight is 265 g/mol. The van der Waals surface area contributed by atoms with E-state index in [4.69, 9.17) is 5.11 Å². The minimum Gasteiger partial charge on any atom is -0.477 e. The van der Waals surface area contributed by atoms with Gasteiger partial charge in [-0.15, -0.1) is 11.3 Å². The van der Waals surface area contributed by atoms with E-state index in [1.54, 1.807) is 6.07 Å². The van der Waals surface area contributed by atoms with Crippen LogP contribution in [0.2, 0.25) is 0 Å². The zero-order valence-corrected chi connectivity index (χ0v) is 11.4. The highest BCUT2D eigenvalue weighted by Gasteiger charge is 2.39. The molecule has 3 unspecified atom stereocenters. The summed E-state index contributed by atoms with van der Waals surface area (Å²) in [6, 6.07) is 3.64. The molecular formula is C14H19NO2S. The number of hydrogen-bond acceptors (Lipinski definition) is 3. The van der Waals surface area contributed by atoms with E-state index in [1.165, 1.54) is 37.0 Å². The number of carbonyl (C=O) groups is 1. The van der Waals surface area contributed by atoms with E-state index in [0.717, 1.165) is 29.3 Å². The Bertz CT molecular complexity index is 456. The lowest BCUT2D eigenvalue weighted by molar-refractivity contribution is 0.0702. The summed E-state index contributed by atoms with van der Waals surface area (Å²) in [6.07, 6.45) is 5.66. The molecule has 2 bridgehead atoms. The van der Waals surface area contributed by atoms with Crippen molar-refractivity contribution in [3.63, 3.8) is 0 Å². The Hall–Kier alpha value is -1.03. The molecule has 3 nitrogen and oxygen atoms in total. The van der Waals surface area contributed by atoms with Crippen molar-refractivity contribution in [1.82, 2.24) is 0 Å². The first-order valence-corrected chi connectivity index (χ1v) is 7.49. The van der Waals surface area contributed by atoms with Crippen molar-refractivity contribution in [3.8, 4) is 0 Å². The summed E-state index contributed by atoms with van der Waals surface area (Å²) in [5.41, 5.74) is 0. The summed E-state index contributed by atoms with van der Waals surface area (Å²) < 4.78 is 0. The molecular weight excluding hydrogens is 246 g/mol. The average Bonchev–Trinajstić information content (AvgIpc) is 3.04. The molecule has 0 spiro atoms. The van der Waals surface area contributed by atoms with Crippen LogP contribution in [0.3, 0.4) is 0 Å². The van der Waals surface area contributed by atoms with Gasteiger partial charge in [0.05, 0.1) is 5.00 Å². The first kappa shape index (κ1) is 12.0. The number of carboxylic acids is 1. The molecule has 0 radical (unpaired) electrons. The van der Waals surface area contributed by atoms with Crippen molar-refractivity contribution in [2.45, 2.75) is 25.7 Å². The maximum absolute atomic E-state index is 10.9. The molecule has 18 heavy (non-hydrogen) atoms. The number of hydrogen-bond donors (Lipinski definition) is 1. The van der Waals surface area contributed by atoms with Gasteiger partial charge in [-0.3, -0.25) is 0 Å². The van der Waals surface area contributed by atoms with Gasteiger partial charge in [0.1, 0.15) is 4.88 Å². The summed E-state index contributed by atoms with van der Waals surface area (Å²) in [5, 5.41) is 10.0. The lowest BCUT2D eigenvalue weighted by Crippen LogP contribution is -2.27. The van der Waals surface area contributed by atoms with Crippen LogP contribution in [0.4, 0.5) is 5.00 Å². The highest BCUT2D eigenvalue weighted by atomic mass is 32.1. The number of aromatic carboxylic acids is 1. The van der Waals surface area contributed by atoms with Crippen LogP contribution in [-0.4, -0.2) is 24.7 Å². The molecule has 0 aromatic carbocycles. The van der Waals surface area contributed by atoms with Crippen LogP contribution in [-0.2, 0) is 0 Å². The molecule has 1 N–H and O–H groups in total. The number of fused-ring (bicyclic) bond motifs is 2. The molecule has 1 aromatic heterocycles. The standard InChI is InChI=1S/C14H19NO2S/c1-15(13-5-4-12(18-13)14(16)17)8-11-7-9-2-3-10(11)6-9/h4-5,9-11H,2-3,6-8H2,1H3,(H,16,17). The van der Waals surface area contributed by atoms with Gasteiger partial charge in [0.2, 0.25) is 0 Å². The topological polar surface area (TPSA) is 40.5 Å². The van der Waals surface area contributed by atoms with Crippen molar-refractivity contribution < 1.29 is 9.90 Å². The third-order valence-corrected chi connectivity index (χ3v) is 5.76. The Morgan fingerprint density at radius 1 is 1.44 bits per heavy atom. The third kappa shape index (κ3) is 2.14. The minimum absolute atomic E-state index is 0.435. The minimum atomic E-state index is -0.820. The van der Waals surface area contributed by atoms with E-state index >= 15 is 0 Å². The van der Waals surface area contributed by atoms with Gasteiger partial charge in [-0.05, 0) is 49.1 Å². The van der Waals surface area contributed by atoms with E-state index in [-0.39, 0.29) is 0 Å². The second-order valence-corrected chi connectivity index (χ2v) is 6.82. The predicted octanol–water partition coefficient (Wildman–Crippen LogP) is 3.32. The Morgan fingerprint density at radius 3 is 2.83 bits per heavy atom. The summed E-state index contributed by atoms with van der Waals surface area (Å²) in [4.78, 5) is 13.6. The lowest BCUT2D eigenvalue weighted by Gasteiger charge is -2.27. The number of thiophene rings is 1. The zero-order chi connectivity index (χ0) is 12.7. The van der Waals surface area contributed by atoms with Crippen molar-refractivity contribution in [1.29, 1.82) is 0 Å². The molecule has 2 aliphatic carbocycles. The second-order valence-electron chi connectivity index (χ2n) is 5.76. The quantitative estimate of drug-likeness (QED) is 0.908. The van der Waals surface area contributed by atoms with Crippen molar-refractivity contribution >= 4 is 22.3 Å². The summed E-state index contributed by atoms with van der Waals surface area (Å²) in [7, 11) is 2.09. The Kier molecular flexibility index (Phi) is 3.06. The van der Waals surface area contributed by atoms with Crippen LogP contribution in [0.15, 0.2) is 12.1 Å². The molecule has 4 heteroatoms. The summed E-state index contributed by atoms with van der Waals surface area (Å²) >= 11 is 1.38. The van der Waals surface area contributed by atoms with Gasteiger partial charge in [0, 0.05) is 13.6 Å². The fourth-order valence-corrected chi connectivity index (χ4v) is 4.50. The van der Waals surface area contributed by atoms with Crippen molar-refractivity contribution in [2.75, 3.05) is 18.5 Å². The molecule has 0 saturated heterocycles. The maximum atomic E-state index is 10.9. The van der Waals surface area contributed by atoms with Crippen LogP contribution in [0.25, 0.3) is 0 Å². The van der Waals surface area contributed by atoms with Crippen molar-refractivity contribution in [2.24, 2.45) is 17.8 Å². The molecule has 0 amide bonds. The van der Waals surface area contributed by atoms with E-state index in [1.807, 2.05) is 6.07 Å². The van der Waals surface area contributed by atoms with Crippen LogP contribution in [0.5, 0.6) is 0 Å². The second kappa shape index (κ2) is 4.57. The normalized spacial score (nSPS) is 29.7. The fourth-order valence-electron chi connectivity index (χ4n) is 3.69. The number of rotatable bonds is 4. The first-order valence-electron chi connectivity index (χ1n) is 6.67. The highest BCUT2D eigenvalue weighted by molar-refractivity contribution is 7.17. The van der Waals surface area contributed by atoms with Crippen LogP contribution < -0.4 is 4.90 Å². The molecule has 1 aromatic rings. The molecule has 1 heterocycles. The number of nitrogens with zero attached hydrogens (tertiary/aromatic N) is 1. The zero-order valence-electron chi connectivity index (χ0n) is 10.6. The highest BCUT2D eigenvalue weighted by Crippen LogP contribution is 2.48. The van der Waals surface area contributed by atoms with Gasteiger partial charge in [0.15, 0.2) is 0 Å². The molecule has 3 atom stereocenters. The van der Waals surface area contributed by atoms with Crippen LogP contribution >= 0.6 is 11.3 Å². The molecule has 98 valence electrons. The van der Waals surface area contributed by atoms with Crippen molar-refractivity contribution in [3.05, 3.63) is 17.0 Å². The summed E-state index contributed by atoms with van der Waals surface area (Å²) in [6.45, 7) is 1.08. The Balaban J connectivity index is 1.63. The van der Waals surface area contributed by atoms with E-state index in [9.17, 15) is 4.79 Å². The maximum Gasteiger partial charge on any atom is 0.345 e. The van der Waals surface area contributed by atoms with Gasteiger partial charge in [-0.1, -0.05) is 6.42 Å². The van der Waals surface area contributed by atoms with E-state index in [2.05, 4.69) is 11.9 Å². The van der Waals surface area contributed by atoms with Gasteiger partial charge >= 0.3 is 5.97 Å². The molecule has 0 aliphatic heterocycles. The molecule has 2 aliphatic rings. The van der Waals surface area contributed by atoms with Crippen LogP contribution in [0, 0.1) is 17.8 Å². The number of carboxylic acid groups (broad SMARTS) is 1. The fraction of sp³-hybridized carbons (Fsp3) is 0.643. The first-order chi connectivity index (χ1) is 8.63. The lowest BCUT2D eigenvalue weighted by atomic mass is 9.88. The van der Waals surface area contributed by atoms with Gasteiger partial charge in [-0.25, -0.2) is 4.79 Å². The molecule has 3 rings (SSSR count). The largest absolute Gasteiger partial charge is 0.477 e. The van der Waals surface area contributed by atoms with Gasteiger partial charge < -0.3 is 10.0 Å². The summed E-state index contributed by atoms with van der Waals surface area (Å²) in [5.74, 6) is 1.91. The van der Waals surface area contributed by atoms with E-state index < -0.39 is 5.97 Å². The molecule has 2 fully saturated rings. The third-order valence-electron chi connectivity index (χ3n) is 4.57. The van der Waals surface area contributed by atoms with Gasteiger partial charge in [-0.2, -0.15) is 0 Å². The predicted molar refractivity (Wildman–Crippen MR) is 73.5 cm³/mol. The van der Waals surface area contributed by atoms with Gasteiger partial charge in [0.25, 0.3) is 0 Å². The SMILES string of the molecule is CN(CC1CC2CCC1C2)c1ccc(C(=O)O)s1. The monoisotopic (exact) mass is 265 g/mol.